The van der Waals surface area contributed by atoms with Gasteiger partial charge in [0.15, 0.2) is 0 Å². The molecule has 0 amide bonds. The van der Waals surface area contributed by atoms with E-state index in [9.17, 15) is 9.18 Å². The number of carboxylic acids is 1. The van der Waals surface area contributed by atoms with E-state index in [1.54, 1.807) is 18.2 Å². The lowest BCUT2D eigenvalue weighted by molar-refractivity contribution is 0.0661. The molecule has 0 aliphatic carbocycles. The molecule has 0 bridgehead atoms. The van der Waals surface area contributed by atoms with Gasteiger partial charge in [-0.1, -0.05) is 0 Å². The molecule has 94 valence electrons. The highest BCUT2D eigenvalue weighted by Crippen LogP contribution is 2.21. The number of rotatable bonds is 4. The highest BCUT2D eigenvalue weighted by molar-refractivity contribution is 9.10. The number of carbonyl (C=O) groups is 1. The van der Waals surface area contributed by atoms with Crippen LogP contribution in [-0.2, 0) is 6.54 Å². The topological polar surface area (TPSA) is 62.5 Å². The number of halogens is 2. The first-order valence-electron chi connectivity index (χ1n) is 5.06. The predicted molar refractivity (Wildman–Crippen MR) is 67.1 cm³/mol. The molecule has 0 radical (unpaired) electrons. The number of aromatic carboxylic acids is 1. The molecule has 0 spiro atoms. The minimum atomic E-state index is -1.11. The fraction of sp³-hybridized carbons (Fsp3) is 0.0833. The van der Waals surface area contributed by atoms with E-state index in [0.29, 0.717) is 15.7 Å². The average molecular weight is 314 g/mol. The molecule has 18 heavy (non-hydrogen) atoms. The van der Waals surface area contributed by atoms with Gasteiger partial charge in [0.2, 0.25) is 5.76 Å². The summed E-state index contributed by atoms with van der Waals surface area (Å²) in [6.45, 7) is 0.288. The lowest BCUT2D eigenvalue weighted by Gasteiger charge is -2.06. The third-order valence-corrected chi connectivity index (χ3v) is 2.95. The van der Waals surface area contributed by atoms with Crippen LogP contribution in [0.1, 0.15) is 16.1 Å². The molecule has 1 aromatic carbocycles. The molecule has 0 saturated carbocycles. The summed E-state index contributed by atoms with van der Waals surface area (Å²) in [7, 11) is 0. The Morgan fingerprint density at radius 3 is 2.89 bits per heavy atom. The largest absolute Gasteiger partial charge is 0.475 e. The maximum atomic E-state index is 13.0. The zero-order valence-electron chi connectivity index (χ0n) is 9.11. The molecule has 1 aromatic heterocycles. The maximum absolute atomic E-state index is 13.0. The Balaban J connectivity index is 2.09. The average Bonchev–Trinajstić information content (AvgIpc) is 2.79. The van der Waals surface area contributed by atoms with Gasteiger partial charge in [0.1, 0.15) is 5.82 Å². The van der Waals surface area contributed by atoms with Crippen molar-refractivity contribution in [2.45, 2.75) is 6.54 Å². The minimum absolute atomic E-state index is 0.0938. The Bertz CT molecular complexity index is 582. The Hall–Kier alpha value is -1.82. The first kappa shape index (κ1) is 12.6. The standard InChI is InChI=1S/C12H9BrFNO3/c13-9-5-8(1-2-10(9)14)15-6-7-3-4-18-11(7)12(16)17/h1-5,15H,6H2,(H,16,17). The molecule has 6 heteroatoms. The molecule has 0 saturated heterocycles. The van der Waals surface area contributed by atoms with Crippen molar-refractivity contribution >= 4 is 27.6 Å². The van der Waals surface area contributed by atoms with E-state index in [-0.39, 0.29) is 18.1 Å². The van der Waals surface area contributed by atoms with Gasteiger partial charge in [-0.3, -0.25) is 0 Å². The quantitative estimate of drug-likeness (QED) is 0.907. The van der Waals surface area contributed by atoms with Crippen molar-refractivity contribution in [3.8, 4) is 0 Å². The second-order valence-electron chi connectivity index (χ2n) is 3.56. The van der Waals surface area contributed by atoms with Gasteiger partial charge < -0.3 is 14.8 Å². The number of anilines is 1. The summed E-state index contributed by atoms with van der Waals surface area (Å²) in [5.74, 6) is -1.56. The third kappa shape index (κ3) is 2.70. The molecule has 0 atom stereocenters. The molecular formula is C12H9BrFNO3. The van der Waals surface area contributed by atoms with Gasteiger partial charge in [0.05, 0.1) is 10.7 Å². The van der Waals surface area contributed by atoms with Crippen LogP contribution >= 0.6 is 15.9 Å². The predicted octanol–water partition coefficient (Wildman–Crippen LogP) is 3.49. The lowest BCUT2D eigenvalue weighted by Crippen LogP contribution is -2.04. The molecule has 2 N–H and O–H groups in total. The monoisotopic (exact) mass is 313 g/mol. The first-order valence-corrected chi connectivity index (χ1v) is 5.86. The number of hydrogen-bond donors (Lipinski definition) is 2. The van der Waals surface area contributed by atoms with E-state index in [2.05, 4.69) is 21.2 Å². The SMILES string of the molecule is O=C(O)c1occc1CNc1ccc(F)c(Br)c1. The fourth-order valence-corrected chi connectivity index (χ4v) is 1.84. The van der Waals surface area contributed by atoms with Crippen molar-refractivity contribution in [2.24, 2.45) is 0 Å². The van der Waals surface area contributed by atoms with Crippen LogP contribution in [0, 0.1) is 5.82 Å². The number of hydrogen-bond acceptors (Lipinski definition) is 3. The number of carboxylic acid groups (broad SMARTS) is 1. The number of benzene rings is 1. The number of furan rings is 1. The summed E-state index contributed by atoms with van der Waals surface area (Å²) in [5.41, 5.74) is 1.21. The smallest absolute Gasteiger partial charge is 0.372 e. The summed E-state index contributed by atoms with van der Waals surface area (Å²) in [6, 6.07) is 6.05. The van der Waals surface area contributed by atoms with Crippen molar-refractivity contribution < 1.29 is 18.7 Å². The summed E-state index contributed by atoms with van der Waals surface area (Å²) in [4.78, 5) is 10.8. The molecule has 0 unspecified atom stereocenters. The zero-order valence-corrected chi connectivity index (χ0v) is 10.7. The van der Waals surface area contributed by atoms with E-state index in [1.807, 2.05) is 0 Å². The van der Waals surface area contributed by atoms with E-state index in [4.69, 9.17) is 9.52 Å². The second-order valence-corrected chi connectivity index (χ2v) is 4.42. The molecule has 0 aliphatic rings. The molecular weight excluding hydrogens is 305 g/mol. The highest BCUT2D eigenvalue weighted by Gasteiger charge is 2.13. The van der Waals surface area contributed by atoms with Gasteiger partial charge in [-0.15, -0.1) is 0 Å². The Kier molecular flexibility index (Phi) is 3.66. The van der Waals surface area contributed by atoms with Gasteiger partial charge in [-0.25, -0.2) is 9.18 Å². The number of nitrogens with one attached hydrogen (secondary N) is 1. The lowest BCUT2D eigenvalue weighted by atomic mass is 10.2. The second kappa shape index (κ2) is 5.22. The van der Waals surface area contributed by atoms with E-state index >= 15 is 0 Å². The third-order valence-electron chi connectivity index (χ3n) is 2.34. The molecule has 0 aliphatic heterocycles. The fourth-order valence-electron chi connectivity index (χ4n) is 1.47. The molecule has 0 fully saturated rings. The van der Waals surface area contributed by atoms with Crippen LogP contribution < -0.4 is 5.32 Å². The Labute approximate surface area is 111 Å². The van der Waals surface area contributed by atoms with Crippen molar-refractivity contribution in [3.63, 3.8) is 0 Å². The molecule has 4 nitrogen and oxygen atoms in total. The van der Waals surface area contributed by atoms with Gasteiger partial charge in [-0.05, 0) is 40.2 Å². The van der Waals surface area contributed by atoms with Crippen LogP contribution in [0.25, 0.3) is 0 Å². The zero-order chi connectivity index (χ0) is 13.1. The van der Waals surface area contributed by atoms with E-state index < -0.39 is 5.97 Å². The van der Waals surface area contributed by atoms with Crippen molar-refractivity contribution in [2.75, 3.05) is 5.32 Å². The van der Waals surface area contributed by atoms with Gasteiger partial charge in [0, 0.05) is 17.8 Å². The van der Waals surface area contributed by atoms with Gasteiger partial charge in [-0.2, -0.15) is 0 Å². The van der Waals surface area contributed by atoms with Crippen LogP contribution in [0.3, 0.4) is 0 Å². The van der Waals surface area contributed by atoms with E-state index in [0.717, 1.165) is 0 Å². The van der Waals surface area contributed by atoms with Crippen LogP contribution in [0.15, 0.2) is 39.4 Å². The normalized spacial score (nSPS) is 10.3. The van der Waals surface area contributed by atoms with Crippen molar-refractivity contribution in [1.29, 1.82) is 0 Å². The summed E-state index contributed by atoms with van der Waals surface area (Å²) in [6.07, 6.45) is 1.32. The van der Waals surface area contributed by atoms with Crippen molar-refractivity contribution in [1.82, 2.24) is 0 Å². The minimum Gasteiger partial charge on any atom is -0.475 e. The van der Waals surface area contributed by atoms with Crippen molar-refractivity contribution in [3.05, 3.63) is 52.1 Å². The Morgan fingerprint density at radius 2 is 2.22 bits per heavy atom. The molecule has 2 rings (SSSR count). The van der Waals surface area contributed by atoms with E-state index in [1.165, 1.54) is 12.3 Å². The highest BCUT2D eigenvalue weighted by atomic mass is 79.9. The molecule has 1 heterocycles. The first-order chi connectivity index (χ1) is 8.58. The summed E-state index contributed by atoms with van der Waals surface area (Å²) < 4.78 is 18.2. The van der Waals surface area contributed by atoms with Crippen LogP contribution in [0.4, 0.5) is 10.1 Å². The van der Waals surface area contributed by atoms with Gasteiger partial charge in [0.25, 0.3) is 0 Å². The van der Waals surface area contributed by atoms with Crippen LogP contribution in [-0.4, -0.2) is 11.1 Å². The summed E-state index contributed by atoms with van der Waals surface area (Å²) in [5, 5.41) is 11.8. The Morgan fingerprint density at radius 1 is 1.44 bits per heavy atom. The van der Waals surface area contributed by atoms with Crippen LogP contribution in [0.2, 0.25) is 0 Å². The van der Waals surface area contributed by atoms with Gasteiger partial charge >= 0.3 is 5.97 Å². The summed E-state index contributed by atoms with van der Waals surface area (Å²) >= 11 is 3.07. The molecule has 2 aromatic rings. The van der Waals surface area contributed by atoms with Crippen LogP contribution in [0.5, 0.6) is 0 Å². The maximum Gasteiger partial charge on any atom is 0.372 e.